The van der Waals surface area contributed by atoms with Gasteiger partial charge in [-0.3, -0.25) is 4.79 Å². The van der Waals surface area contributed by atoms with E-state index in [4.69, 9.17) is 9.84 Å². The highest BCUT2D eigenvalue weighted by Gasteiger charge is 2.10. The highest BCUT2D eigenvalue weighted by molar-refractivity contribution is 7.10. The van der Waals surface area contributed by atoms with E-state index >= 15 is 0 Å². The van der Waals surface area contributed by atoms with Crippen molar-refractivity contribution in [3.05, 3.63) is 21.9 Å². The number of amides is 1. The number of hydrogen-bond donors (Lipinski definition) is 1. The van der Waals surface area contributed by atoms with Crippen molar-refractivity contribution in [3.63, 3.8) is 0 Å². The van der Waals surface area contributed by atoms with Crippen LogP contribution in [0.25, 0.3) is 0 Å². The van der Waals surface area contributed by atoms with Crippen LogP contribution >= 0.6 is 11.3 Å². The third kappa shape index (κ3) is 4.88. The van der Waals surface area contributed by atoms with Crippen LogP contribution in [0.3, 0.4) is 0 Å². The Morgan fingerprint density at radius 3 is 3.06 bits per heavy atom. The predicted molar refractivity (Wildman–Crippen MR) is 71.2 cm³/mol. The van der Waals surface area contributed by atoms with Gasteiger partial charge in [-0.2, -0.15) is 0 Å². The third-order valence-corrected chi connectivity index (χ3v) is 3.14. The Hall–Kier alpha value is -1.35. The van der Waals surface area contributed by atoms with E-state index in [1.165, 1.54) is 0 Å². The molecule has 0 spiro atoms. The lowest BCUT2D eigenvalue weighted by molar-refractivity contribution is -0.135. The number of hydrogen-bond acceptors (Lipinski definition) is 4. The molecule has 5 heteroatoms. The Balaban J connectivity index is 2.51. The zero-order valence-corrected chi connectivity index (χ0v) is 11.4. The number of ether oxygens (including phenoxy) is 1. The van der Waals surface area contributed by atoms with Crippen LogP contribution in [0.5, 0.6) is 0 Å². The molecule has 98 valence electrons. The summed E-state index contributed by atoms with van der Waals surface area (Å²) in [4.78, 5) is 14.3. The van der Waals surface area contributed by atoms with Gasteiger partial charge in [0, 0.05) is 29.5 Å². The summed E-state index contributed by atoms with van der Waals surface area (Å²) in [5.74, 6) is 5.39. The summed E-state index contributed by atoms with van der Waals surface area (Å²) in [5.41, 5.74) is 0.870. The smallest absolute Gasteiger partial charge is 0.248 e. The molecule has 1 rings (SSSR count). The number of thiophene rings is 1. The first-order valence-electron chi connectivity index (χ1n) is 5.66. The average molecular weight is 267 g/mol. The largest absolute Gasteiger partial charge is 0.384 e. The molecule has 0 saturated heterocycles. The van der Waals surface area contributed by atoms with Gasteiger partial charge in [0.25, 0.3) is 0 Å². The van der Waals surface area contributed by atoms with Crippen LogP contribution in [-0.2, 0) is 16.1 Å². The summed E-state index contributed by atoms with van der Waals surface area (Å²) < 4.78 is 5.07. The average Bonchev–Trinajstić information content (AvgIpc) is 2.80. The molecule has 0 aliphatic rings. The first kappa shape index (κ1) is 14.7. The third-order valence-electron chi connectivity index (χ3n) is 2.21. The molecule has 4 nitrogen and oxygen atoms in total. The Labute approximate surface area is 111 Å². The zero-order chi connectivity index (χ0) is 13.4. The van der Waals surface area contributed by atoms with Crippen LogP contribution in [-0.4, -0.2) is 42.8 Å². The van der Waals surface area contributed by atoms with Crippen molar-refractivity contribution in [3.8, 4) is 11.8 Å². The Morgan fingerprint density at radius 1 is 1.61 bits per heavy atom. The van der Waals surface area contributed by atoms with E-state index in [9.17, 15) is 4.79 Å². The summed E-state index contributed by atoms with van der Waals surface area (Å²) in [6.07, 6.45) is 0. The van der Waals surface area contributed by atoms with E-state index in [0.29, 0.717) is 13.2 Å². The van der Waals surface area contributed by atoms with E-state index < -0.39 is 0 Å². The van der Waals surface area contributed by atoms with Gasteiger partial charge in [0.1, 0.15) is 13.2 Å². The fourth-order valence-electron chi connectivity index (χ4n) is 1.29. The summed E-state index contributed by atoms with van der Waals surface area (Å²) >= 11 is 1.55. The van der Waals surface area contributed by atoms with Crippen LogP contribution < -0.4 is 0 Å². The molecule has 0 fully saturated rings. The lowest BCUT2D eigenvalue weighted by Crippen LogP contribution is -2.29. The van der Waals surface area contributed by atoms with Crippen molar-refractivity contribution in [1.29, 1.82) is 0 Å². The fourth-order valence-corrected chi connectivity index (χ4v) is 2.16. The van der Waals surface area contributed by atoms with Gasteiger partial charge < -0.3 is 14.7 Å². The molecule has 1 N–H and O–H groups in total. The number of nitrogens with zero attached hydrogens (tertiary/aromatic N) is 1. The van der Waals surface area contributed by atoms with E-state index in [-0.39, 0.29) is 19.1 Å². The van der Waals surface area contributed by atoms with Crippen molar-refractivity contribution in [2.45, 2.75) is 13.5 Å². The highest BCUT2D eigenvalue weighted by atomic mass is 32.1. The lowest BCUT2D eigenvalue weighted by atomic mass is 10.3. The summed E-state index contributed by atoms with van der Waals surface area (Å²) in [5, 5.41) is 10.5. The Bertz CT molecular complexity index is 445. The lowest BCUT2D eigenvalue weighted by Gasteiger charge is -2.15. The minimum atomic E-state index is -0.141. The molecule has 0 bridgehead atoms. The molecule has 0 aromatic carbocycles. The topological polar surface area (TPSA) is 49.8 Å². The van der Waals surface area contributed by atoms with E-state index in [1.807, 2.05) is 18.4 Å². The van der Waals surface area contributed by atoms with Gasteiger partial charge in [-0.25, -0.2) is 0 Å². The molecule has 18 heavy (non-hydrogen) atoms. The maximum atomic E-state index is 11.6. The summed E-state index contributed by atoms with van der Waals surface area (Å²) in [6, 6.07) is 1.93. The van der Waals surface area contributed by atoms with Crippen LogP contribution in [0, 0.1) is 11.8 Å². The maximum absolute atomic E-state index is 11.6. The van der Waals surface area contributed by atoms with Crippen molar-refractivity contribution in [1.82, 2.24) is 4.90 Å². The molecule has 0 radical (unpaired) electrons. The molecule has 1 aromatic rings. The van der Waals surface area contributed by atoms with Crippen LogP contribution in [0.15, 0.2) is 11.4 Å². The quantitative estimate of drug-likeness (QED) is 0.812. The van der Waals surface area contributed by atoms with Gasteiger partial charge in [0.05, 0.1) is 6.54 Å². The van der Waals surface area contributed by atoms with Gasteiger partial charge in [0.15, 0.2) is 0 Å². The first-order valence-corrected chi connectivity index (χ1v) is 6.54. The van der Waals surface area contributed by atoms with Gasteiger partial charge >= 0.3 is 0 Å². The molecule has 0 unspecified atom stereocenters. The minimum absolute atomic E-state index is 0.0340. The van der Waals surface area contributed by atoms with Gasteiger partial charge in [-0.05, 0) is 13.0 Å². The van der Waals surface area contributed by atoms with Crippen LogP contribution in [0.4, 0.5) is 0 Å². The number of rotatable bonds is 5. The molecule has 0 aliphatic heterocycles. The second-order valence-electron chi connectivity index (χ2n) is 3.65. The zero-order valence-electron chi connectivity index (χ0n) is 10.6. The van der Waals surface area contributed by atoms with E-state index in [2.05, 4.69) is 11.8 Å². The summed E-state index contributed by atoms with van der Waals surface area (Å²) in [7, 11) is 1.75. The maximum Gasteiger partial charge on any atom is 0.248 e. The second-order valence-corrected chi connectivity index (χ2v) is 4.64. The highest BCUT2D eigenvalue weighted by Crippen LogP contribution is 2.15. The van der Waals surface area contributed by atoms with Crippen LogP contribution in [0.2, 0.25) is 0 Å². The molecular weight excluding hydrogens is 250 g/mol. The first-order chi connectivity index (χ1) is 8.67. The molecule has 0 atom stereocenters. The van der Waals surface area contributed by atoms with Crippen molar-refractivity contribution < 1.29 is 14.6 Å². The van der Waals surface area contributed by atoms with Gasteiger partial charge in [0.2, 0.25) is 5.91 Å². The number of aliphatic hydroxyl groups excluding tert-OH is 1. The SMILES string of the molecule is CCOCC(=O)N(C)Cc1cc(C#CCO)cs1. The van der Waals surface area contributed by atoms with Gasteiger partial charge in [-0.1, -0.05) is 11.8 Å². The molecule has 0 saturated carbocycles. The number of likely N-dealkylation sites (N-methyl/N-ethyl adjacent to an activating group) is 1. The molecule has 0 aliphatic carbocycles. The van der Waals surface area contributed by atoms with Crippen molar-refractivity contribution in [2.75, 3.05) is 26.9 Å². The number of carbonyl (C=O) groups is 1. The van der Waals surface area contributed by atoms with Gasteiger partial charge in [-0.15, -0.1) is 11.3 Å². The van der Waals surface area contributed by atoms with E-state index in [0.717, 1.165) is 10.4 Å². The Morgan fingerprint density at radius 2 is 2.39 bits per heavy atom. The minimum Gasteiger partial charge on any atom is -0.384 e. The summed E-state index contributed by atoms with van der Waals surface area (Å²) in [6.45, 7) is 2.93. The fraction of sp³-hybridized carbons (Fsp3) is 0.462. The second kappa shape index (κ2) is 7.88. The molecule has 1 aromatic heterocycles. The predicted octanol–water partition coefficient (Wildman–Crippen LogP) is 1.09. The van der Waals surface area contributed by atoms with Crippen molar-refractivity contribution in [2.24, 2.45) is 0 Å². The van der Waals surface area contributed by atoms with Crippen LogP contribution in [0.1, 0.15) is 17.4 Å². The monoisotopic (exact) mass is 267 g/mol. The van der Waals surface area contributed by atoms with Crippen molar-refractivity contribution >= 4 is 17.2 Å². The number of aliphatic hydroxyl groups is 1. The Kier molecular flexibility index (Phi) is 6.44. The molecule has 1 heterocycles. The normalized spacial score (nSPS) is 9.72. The standard InChI is InChI=1S/C13H17NO3S/c1-3-17-9-13(16)14(2)8-12-7-11(10-18-12)5-4-6-15/h7,10,15H,3,6,8-9H2,1-2H3. The molecule has 1 amide bonds. The van der Waals surface area contributed by atoms with E-state index in [1.54, 1.807) is 23.3 Å². The molecular formula is C13H17NO3S. The number of carbonyl (C=O) groups excluding carboxylic acids is 1.